The molecule has 0 aliphatic carbocycles. The molecule has 1 amide bonds. The minimum atomic E-state index is -0.119. The van der Waals surface area contributed by atoms with E-state index < -0.39 is 0 Å². The highest BCUT2D eigenvalue weighted by molar-refractivity contribution is 14.1. The van der Waals surface area contributed by atoms with Crippen molar-refractivity contribution in [2.24, 2.45) is 0 Å². The van der Waals surface area contributed by atoms with Gasteiger partial charge in [0.2, 0.25) is 0 Å². The first-order valence-corrected chi connectivity index (χ1v) is 7.86. The predicted octanol–water partition coefficient (Wildman–Crippen LogP) is 4.02. The number of hydrogen-bond acceptors (Lipinski definition) is 3. The van der Waals surface area contributed by atoms with E-state index in [9.17, 15) is 4.79 Å². The summed E-state index contributed by atoms with van der Waals surface area (Å²) >= 11 is 8.14. The molecule has 4 nitrogen and oxygen atoms in total. The van der Waals surface area contributed by atoms with Crippen LogP contribution in [-0.2, 0) is 0 Å². The number of nitrogen functional groups attached to an aromatic ring is 1. The summed E-state index contributed by atoms with van der Waals surface area (Å²) in [7, 11) is 0. The average molecular weight is 416 g/mol. The molecule has 0 spiro atoms. The van der Waals surface area contributed by atoms with E-state index in [1.54, 1.807) is 24.3 Å². The fourth-order valence-corrected chi connectivity index (χ4v) is 2.81. The van der Waals surface area contributed by atoms with Gasteiger partial charge in [0.25, 0.3) is 5.91 Å². The fourth-order valence-electron chi connectivity index (χ4n) is 1.80. The molecule has 2 aromatic rings. The maximum atomic E-state index is 11.9. The smallest absolute Gasteiger partial charge is 0.251 e. The van der Waals surface area contributed by atoms with Gasteiger partial charge in [0.15, 0.2) is 0 Å². The van der Waals surface area contributed by atoms with Crippen LogP contribution in [0.5, 0.6) is 0 Å². The molecular formula is C15H15ClIN3O. The summed E-state index contributed by atoms with van der Waals surface area (Å²) in [5.74, 6) is -0.119. The molecule has 0 aromatic heterocycles. The second kappa shape index (κ2) is 7.00. The van der Waals surface area contributed by atoms with Crippen molar-refractivity contribution in [3.05, 3.63) is 50.6 Å². The summed E-state index contributed by atoms with van der Waals surface area (Å²) in [6, 6.07) is 10.7. The molecule has 0 aliphatic rings. The molecule has 0 heterocycles. The zero-order chi connectivity index (χ0) is 15.4. The minimum absolute atomic E-state index is 0.119. The van der Waals surface area contributed by atoms with E-state index >= 15 is 0 Å². The molecule has 2 rings (SSSR count). The van der Waals surface area contributed by atoms with Crippen LogP contribution in [0.2, 0.25) is 5.02 Å². The Hall–Kier alpha value is -1.47. The Balaban J connectivity index is 2.30. The van der Waals surface area contributed by atoms with Gasteiger partial charge >= 0.3 is 0 Å². The highest BCUT2D eigenvalue weighted by atomic mass is 127. The number of rotatable bonds is 4. The molecule has 0 atom stereocenters. The number of carbonyl (C=O) groups is 1. The Labute approximate surface area is 142 Å². The minimum Gasteiger partial charge on any atom is -0.397 e. The first-order chi connectivity index (χ1) is 10.0. The van der Waals surface area contributed by atoms with Crippen molar-refractivity contribution in [3.8, 4) is 0 Å². The molecule has 21 heavy (non-hydrogen) atoms. The molecule has 0 bridgehead atoms. The van der Waals surface area contributed by atoms with Gasteiger partial charge in [-0.15, -0.1) is 0 Å². The van der Waals surface area contributed by atoms with Crippen LogP contribution in [-0.4, -0.2) is 12.5 Å². The van der Waals surface area contributed by atoms with Crippen molar-refractivity contribution in [3.63, 3.8) is 0 Å². The number of amides is 1. The third-order valence-electron chi connectivity index (χ3n) is 2.85. The van der Waals surface area contributed by atoms with Crippen LogP contribution in [0.1, 0.15) is 17.3 Å². The van der Waals surface area contributed by atoms with Crippen LogP contribution < -0.4 is 16.4 Å². The van der Waals surface area contributed by atoms with Gasteiger partial charge in [0.1, 0.15) is 0 Å². The molecule has 0 fully saturated rings. The van der Waals surface area contributed by atoms with Gasteiger partial charge in [-0.25, -0.2) is 0 Å². The summed E-state index contributed by atoms with van der Waals surface area (Å²) < 4.78 is 0.975. The maximum absolute atomic E-state index is 11.9. The molecule has 4 N–H and O–H groups in total. The number of halogens is 2. The van der Waals surface area contributed by atoms with Crippen molar-refractivity contribution in [1.82, 2.24) is 5.32 Å². The Morgan fingerprint density at radius 1 is 1.24 bits per heavy atom. The molecule has 0 saturated heterocycles. The Bertz CT molecular complexity index is 676. The van der Waals surface area contributed by atoms with E-state index in [0.29, 0.717) is 28.5 Å². The standard InChI is InChI=1S/C15H15ClIN3O/c1-2-19-15(21)9-3-5-12(18)14(7-9)20-13-6-4-10(16)8-11(13)17/h3-8,20H,2,18H2,1H3,(H,19,21). The lowest BCUT2D eigenvalue weighted by Crippen LogP contribution is -2.22. The van der Waals surface area contributed by atoms with Crippen molar-refractivity contribution in [2.45, 2.75) is 6.92 Å². The van der Waals surface area contributed by atoms with E-state index in [4.69, 9.17) is 17.3 Å². The van der Waals surface area contributed by atoms with E-state index in [2.05, 4.69) is 33.2 Å². The molecule has 0 unspecified atom stereocenters. The highest BCUT2D eigenvalue weighted by Crippen LogP contribution is 2.29. The fraction of sp³-hybridized carbons (Fsp3) is 0.133. The SMILES string of the molecule is CCNC(=O)c1ccc(N)c(Nc2ccc(Cl)cc2I)c1. The zero-order valence-electron chi connectivity index (χ0n) is 11.4. The second-order valence-corrected chi connectivity index (χ2v) is 6.01. The van der Waals surface area contributed by atoms with Crippen LogP contribution in [0.4, 0.5) is 17.1 Å². The average Bonchev–Trinajstić information content (AvgIpc) is 2.44. The van der Waals surface area contributed by atoms with E-state index in [1.807, 2.05) is 19.1 Å². The van der Waals surface area contributed by atoms with Crippen molar-refractivity contribution in [1.29, 1.82) is 0 Å². The number of nitrogens with one attached hydrogen (secondary N) is 2. The summed E-state index contributed by atoms with van der Waals surface area (Å²) in [5.41, 5.74) is 8.70. The van der Waals surface area contributed by atoms with E-state index in [0.717, 1.165) is 9.26 Å². The quantitative estimate of drug-likeness (QED) is 0.522. The van der Waals surface area contributed by atoms with Gasteiger partial charge in [0, 0.05) is 20.7 Å². The molecular weight excluding hydrogens is 401 g/mol. The first-order valence-electron chi connectivity index (χ1n) is 6.41. The molecule has 0 saturated carbocycles. The monoisotopic (exact) mass is 415 g/mol. The maximum Gasteiger partial charge on any atom is 0.251 e. The van der Waals surface area contributed by atoms with Gasteiger partial charge in [-0.2, -0.15) is 0 Å². The first kappa shape index (κ1) is 15.9. The predicted molar refractivity (Wildman–Crippen MR) is 96.3 cm³/mol. The number of benzene rings is 2. The van der Waals surface area contributed by atoms with E-state index in [-0.39, 0.29) is 5.91 Å². The van der Waals surface area contributed by atoms with Crippen LogP contribution in [0.15, 0.2) is 36.4 Å². The third kappa shape index (κ3) is 4.01. The van der Waals surface area contributed by atoms with E-state index in [1.165, 1.54) is 0 Å². The molecule has 110 valence electrons. The summed E-state index contributed by atoms with van der Waals surface area (Å²) in [6.07, 6.45) is 0. The molecule has 0 aliphatic heterocycles. The van der Waals surface area contributed by atoms with Gasteiger partial charge < -0.3 is 16.4 Å². The Morgan fingerprint density at radius 3 is 2.67 bits per heavy atom. The summed E-state index contributed by atoms with van der Waals surface area (Å²) in [6.45, 7) is 2.46. The lowest BCUT2D eigenvalue weighted by Gasteiger charge is -2.13. The zero-order valence-corrected chi connectivity index (χ0v) is 14.3. The molecule has 2 aromatic carbocycles. The normalized spacial score (nSPS) is 10.2. The van der Waals surface area contributed by atoms with Gasteiger partial charge in [-0.05, 0) is 65.9 Å². The number of anilines is 3. The summed E-state index contributed by atoms with van der Waals surface area (Å²) in [4.78, 5) is 11.9. The molecule has 0 radical (unpaired) electrons. The van der Waals surface area contributed by atoms with Crippen LogP contribution in [0, 0.1) is 3.57 Å². The Kier molecular flexibility index (Phi) is 5.30. The number of hydrogen-bond donors (Lipinski definition) is 3. The van der Waals surface area contributed by atoms with Crippen LogP contribution in [0.3, 0.4) is 0 Å². The highest BCUT2D eigenvalue weighted by Gasteiger charge is 2.09. The van der Waals surface area contributed by atoms with Gasteiger partial charge in [-0.3, -0.25) is 4.79 Å². The van der Waals surface area contributed by atoms with Crippen molar-refractivity contribution in [2.75, 3.05) is 17.6 Å². The van der Waals surface area contributed by atoms with Crippen LogP contribution in [0.25, 0.3) is 0 Å². The van der Waals surface area contributed by atoms with Gasteiger partial charge in [-0.1, -0.05) is 11.6 Å². The Morgan fingerprint density at radius 2 is 2.00 bits per heavy atom. The third-order valence-corrected chi connectivity index (χ3v) is 3.98. The molecule has 6 heteroatoms. The van der Waals surface area contributed by atoms with Crippen molar-refractivity contribution >= 4 is 57.2 Å². The topological polar surface area (TPSA) is 67.2 Å². The summed E-state index contributed by atoms with van der Waals surface area (Å²) in [5, 5.41) is 6.67. The number of carbonyl (C=O) groups excluding carboxylic acids is 1. The lowest BCUT2D eigenvalue weighted by molar-refractivity contribution is 0.0956. The lowest BCUT2D eigenvalue weighted by atomic mass is 10.1. The second-order valence-electron chi connectivity index (χ2n) is 4.41. The van der Waals surface area contributed by atoms with Crippen molar-refractivity contribution < 1.29 is 4.79 Å². The van der Waals surface area contributed by atoms with Gasteiger partial charge in [0.05, 0.1) is 17.1 Å². The number of nitrogens with two attached hydrogens (primary N) is 1. The largest absolute Gasteiger partial charge is 0.397 e. The van der Waals surface area contributed by atoms with Crippen LogP contribution >= 0.6 is 34.2 Å².